The lowest BCUT2D eigenvalue weighted by molar-refractivity contribution is 0.104. The highest BCUT2D eigenvalue weighted by Gasteiger charge is 2.37. The zero-order valence-corrected chi connectivity index (χ0v) is 16.9. The zero-order chi connectivity index (χ0) is 19.8. The Morgan fingerprint density at radius 2 is 1.67 bits per heavy atom. The van der Waals surface area contributed by atoms with Crippen LogP contribution < -0.4 is 0 Å². The highest BCUT2D eigenvalue weighted by molar-refractivity contribution is 6.08. The van der Waals surface area contributed by atoms with E-state index in [9.17, 15) is 4.79 Å². The van der Waals surface area contributed by atoms with Gasteiger partial charge in [0.05, 0.1) is 11.6 Å². The van der Waals surface area contributed by atoms with Gasteiger partial charge in [-0.25, -0.2) is 0 Å². The van der Waals surface area contributed by atoms with Gasteiger partial charge in [0.2, 0.25) is 0 Å². The van der Waals surface area contributed by atoms with Crippen molar-refractivity contribution in [2.75, 3.05) is 0 Å². The lowest BCUT2D eigenvalue weighted by atomic mass is 9.62. The summed E-state index contributed by atoms with van der Waals surface area (Å²) in [6.45, 7) is 11.2. The van der Waals surface area contributed by atoms with Crippen LogP contribution in [-0.2, 0) is 10.8 Å². The minimum absolute atomic E-state index is 0.0110. The number of ketones is 1. The molecule has 0 saturated heterocycles. The Bertz CT molecular complexity index is 970. The van der Waals surface area contributed by atoms with Crippen molar-refractivity contribution in [3.8, 4) is 6.07 Å². The van der Waals surface area contributed by atoms with Crippen LogP contribution in [0.2, 0.25) is 0 Å². The number of nitrogens with zero attached hydrogens (tertiary/aromatic N) is 1. The molecule has 2 heteroatoms. The van der Waals surface area contributed by atoms with Crippen LogP contribution in [0, 0.1) is 18.3 Å². The van der Waals surface area contributed by atoms with Gasteiger partial charge in [-0.05, 0) is 77.1 Å². The third-order valence-electron chi connectivity index (χ3n) is 5.91. The number of allylic oxidation sites excluding steroid dienone is 1. The molecule has 1 aliphatic rings. The van der Waals surface area contributed by atoms with Crippen LogP contribution >= 0.6 is 0 Å². The maximum atomic E-state index is 12.9. The monoisotopic (exact) mass is 357 g/mol. The van der Waals surface area contributed by atoms with Crippen LogP contribution in [0.1, 0.15) is 78.7 Å². The van der Waals surface area contributed by atoms with Crippen molar-refractivity contribution in [2.24, 2.45) is 0 Å². The number of hydrogen-bond donors (Lipinski definition) is 0. The maximum absolute atomic E-state index is 12.9. The molecule has 3 rings (SSSR count). The number of nitriles is 1. The molecular formula is C25H27NO. The Kier molecular flexibility index (Phi) is 4.82. The number of carbonyl (C=O) groups excluding carboxylic acids is 1. The quantitative estimate of drug-likeness (QED) is 0.491. The molecule has 0 aromatic heterocycles. The molecule has 0 heterocycles. The van der Waals surface area contributed by atoms with E-state index < -0.39 is 0 Å². The van der Waals surface area contributed by atoms with Gasteiger partial charge in [-0.2, -0.15) is 5.26 Å². The second kappa shape index (κ2) is 6.82. The SMILES string of the molecule is Cc1cc2c(cc1C(=O)/C=C/c1cccc(C#N)c1)C(C)(C)CCC2(C)C. The van der Waals surface area contributed by atoms with E-state index in [4.69, 9.17) is 5.26 Å². The van der Waals surface area contributed by atoms with Gasteiger partial charge in [0.15, 0.2) is 5.78 Å². The van der Waals surface area contributed by atoms with E-state index in [1.165, 1.54) is 11.1 Å². The predicted octanol–water partition coefficient (Wildman–Crippen LogP) is 6.11. The second-order valence-electron chi connectivity index (χ2n) is 8.92. The van der Waals surface area contributed by atoms with Gasteiger partial charge in [-0.15, -0.1) is 0 Å². The summed E-state index contributed by atoms with van der Waals surface area (Å²) >= 11 is 0. The number of benzene rings is 2. The fourth-order valence-electron chi connectivity index (χ4n) is 3.96. The summed E-state index contributed by atoms with van der Waals surface area (Å²) in [6.07, 6.45) is 5.69. The van der Waals surface area contributed by atoms with E-state index in [1.807, 2.05) is 19.1 Å². The van der Waals surface area contributed by atoms with E-state index in [0.29, 0.717) is 5.56 Å². The highest BCUT2D eigenvalue weighted by atomic mass is 16.1. The van der Waals surface area contributed by atoms with Crippen molar-refractivity contribution in [3.63, 3.8) is 0 Å². The standard InChI is InChI=1S/C25H27NO/c1-17-13-21-22(25(4,5)12-11-24(21,2)3)15-20(17)23(27)10-9-18-7-6-8-19(14-18)16-26/h6-10,13-15H,11-12H2,1-5H3/b10-9+. The average molecular weight is 357 g/mol. The number of rotatable bonds is 3. The lowest BCUT2D eigenvalue weighted by Crippen LogP contribution is -2.34. The summed E-state index contributed by atoms with van der Waals surface area (Å²) in [4.78, 5) is 12.9. The molecule has 0 saturated carbocycles. The van der Waals surface area contributed by atoms with Crippen molar-refractivity contribution in [1.29, 1.82) is 5.26 Å². The number of hydrogen-bond acceptors (Lipinski definition) is 2. The molecule has 0 fully saturated rings. The second-order valence-corrected chi connectivity index (χ2v) is 8.92. The Balaban J connectivity index is 1.99. The Morgan fingerprint density at radius 3 is 2.30 bits per heavy atom. The average Bonchev–Trinajstić information content (AvgIpc) is 2.63. The summed E-state index contributed by atoms with van der Waals surface area (Å²) in [7, 11) is 0. The topological polar surface area (TPSA) is 40.9 Å². The largest absolute Gasteiger partial charge is 0.289 e. The van der Waals surface area contributed by atoms with Crippen molar-refractivity contribution in [1.82, 2.24) is 0 Å². The maximum Gasteiger partial charge on any atom is 0.186 e. The zero-order valence-electron chi connectivity index (χ0n) is 16.9. The summed E-state index contributed by atoms with van der Waals surface area (Å²) < 4.78 is 0. The van der Waals surface area contributed by atoms with Gasteiger partial charge in [0.1, 0.15) is 0 Å². The first kappa shape index (κ1) is 19.1. The molecule has 0 N–H and O–H groups in total. The lowest BCUT2D eigenvalue weighted by Gasteiger charge is -2.42. The van der Waals surface area contributed by atoms with Crippen LogP contribution in [-0.4, -0.2) is 5.78 Å². The molecule has 2 aromatic rings. The fourth-order valence-corrected chi connectivity index (χ4v) is 3.96. The first-order chi connectivity index (χ1) is 12.6. The van der Waals surface area contributed by atoms with Crippen LogP contribution in [0.25, 0.3) is 6.08 Å². The normalized spacial score (nSPS) is 17.3. The molecule has 0 bridgehead atoms. The predicted molar refractivity (Wildman–Crippen MR) is 111 cm³/mol. The first-order valence-electron chi connectivity index (χ1n) is 9.52. The van der Waals surface area contributed by atoms with E-state index in [1.54, 1.807) is 24.3 Å². The third-order valence-corrected chi connectivity index (χ3v) is 5.91. The smallest absolute Gasteiger partial charge is 0.186 e. The summed E-state index contributed by atoms with van der Waals surface area (Å²) in [5.41, 5.74) is 6.15. The Morgan fingerprint density at radius 1 is 1.04 bits per heavy atom. The minimum atomic E-state index is 0.0110. The van der Waals surface area contributed by atoms with Gasteiger partial charge in [0, 0.05) is 5.56 Å². The molecule has 0 radical (unpaired) electrons. The Labute approximate surface area is 162 Å². The fraction of sp³-hybridized carbons (Fsp3) is 0.360. The van der Waals surface area contributed by atoms with Gasteiger partial charge < -0.3 is 0 Å². The number of fused-ring (bicyclic) bond motifs is 1. The van der Waals surface area contributed by atoms with Crippen LogP contribution in [0.5, 0.6) is 0 Å². The molecule has 0 unspecified atom stereocenters. The highest BCUT2D eigenvalue weighted by Crippen LogP contribution is 2.46. The van der Waals surface area contributed by atoms with Crippen molar-refractivity contribution >= 4 is 11.9 Å². The van der Waals surface area contributed by atoms with E-state index in [-0.39, 0.29) is 16.6 Å². The molecule has 0 atom stereocenters. The number of aryl methyl sites for hydroxylation is 1. The van der Waals surface area contributed by atoms with Gasteiger partial charge in [0.25, 0.3) is 0 Å². The molecule has 1 aliphatic carbocycles. The van der Waals surface area contributed by atoms with E-state index in [2.05, 4.69) is 45.9 Å². The molecule has 2 nitrogen and oxygen atoms in total. The number of carbonyl (C=O) groups is 1. The molecule has 0 spiro atoms. The van der Waals surface area contributed by atoms with E-state index in [0.717, 1.165) is 29.5 Å². The molecular weight excluding hydrogens is 330 g/mol. The van der Waals surface area contributed by atoms with Gasteiger partial charge >= 0.3 is 0 Å². The molecule has 0 amide bonds. The molecule has 138 valence electrons. The van der Waals surface area contributed by atoms with Gasteiger partial charge in [-0.1, -0.05) is 52.0 Å². The molecule has 27 heavy (non-hydrogen) atoms. The van der Waals surface area contributed by atoms with Crippen molar-refractivity contribution in [3.05, 3.63) is 75.9 Å². The van der Waals surface area contributed by atoms with Crippen molar-refractivity contribution in [2.45, 2.75) is 58.3 Å². The van der Waals surface area contributed by atoms with Crippen molar-refractivity contribution < 1.29 is 4.79 Å². The third kappa shape index (κ3) is 3.74. The van der Waals surface area contributed by atoms with Crippen LogP contribution in [0.3, 0.4) is 0 Å². The summed E-state index contributed by atoms with van der Waals surface area (Å²) in [6, 6.07) is 13.7. The van der Waals surface area contributed by atoms with Crippen LogP contribution in [0.15, 0.2) is 42.5 Å². The minimum Gasteiger partial charge on any atom is -0.289 e. The molecule has 2 aromatic carbocycles. The van der Waals surface area contributed by atoms with Crippen LogP contribution in [0.4, 0.5) is 0 Å². The summed E-state index contributed by atoms with van der Waals surface area (Å²) in [5, 5.41) is 9.02. The Hall–Kier alpha value is -2.66. The first-order valence-corrected chi connectivity index (χ1v) is 9.52. The molecule has 0 aliphatic heterocycles. The van der Waals surface area contributed by atoms with Gasteiger partial charge in [-0.3, -0.25) is 4.79 Å². The summed E-state index contributed by atoms with van der Waals surface area (Å²) in [5.74, 6) is 0.0110. The van der Waals surface area contributed by atoms with E-state index >= 15 is 0 Å².